The normalized spacial score (nSPS) is 11.7. The maximum Gasteiger partial charge on any atom is 0.164 e. The highest BCUT2D eigenvalue weighted by Crippen LogP contribution is 2.43. The summed E-state index contributed by atoms with van der Waals surface area (Å²) in [6.45, 7) is 0. The van der Waals surface area contributed by atoms with E-state index in [1.54, 1.807) is 0 Å². The molecule has 0 radical (unpaired) electrons. The second-order valence-corrected chi connectivity index (χ2v) is 16.3. The molecule has 0 aliphatic carbocycles. The van der Waals surface area contributed by atoms with Gasteiger partial charge in [0.25, 0.3) is 0 Å². The third kappa shape index (κ3) is 5.70. The van der Waals surface area contributed by atoms with Gasteiger partial charge in [-0.1, -0.05) is 176 Å². The van der Waals surface area contributed by atoms with E-state index in [1.807, 2.05) is 35.6 Å². The van der Waals surface area contributed by atoms with Gasteiger partial charge in [-0.3, -0.25) is 0 Å². The van der Waals surface area contributed by atoms with Gasteiger partial charge in [0.15, 0.2) is 17.5 Å². The quantitative estimate of drug-likeness (QED) is 0.169. The van der Waals surface area contributed by atoms with Gasteiger partial charge in [0.05, 0.1) is 11.0 Å². The first kappa shape index (κ1) is 34.3. The standard InChI is InChI=1S/C55H34N4S/c1-4-13-35(14-5-1)37-23-25-40(26-24-37)54-56-53(39-18-8-3-9-19-39)57-55(58-54)46-21-12-22-49-52(46)45-31-29-42(34-50(45)60-49)59-47-32-28-38-17-10-11-20-43(38)51(47)44-30-27-41(33-48(44)59)36-15-6-2-7-16-36/h1-34H. The molecule has 9 aromatic carbocycles. The summed E-state index contributed by atoms with van der Waals surface area (Å²) in [7, 11) is 0. The molecule has 0 amide bonds. The molecule has 0 aliphatic heterocycles. The largest absolute Gasteiger partial charge is 0.309 e. The van der Waals surface area contributed by atoms with E-state index in [2.05, 4.69) is 187 Å². The SMILES string of the molecule is c1ccc(-c2ccc(-c3nc(-c4ccccc4)nc(-c4cccc5sc6cc(-n7c8cc(-c9ccccc9)ccc8c8c9ccccc9ccc87)ccc6c45)n3)cc2)cc1. The van der Waals surface area contributed by atoms with Gasteiger partial charge in [-0.2, -0.15) is 0 Å². The minimum Gasteiger partial charge on any atom is -0.309 e. The van der Waals surface area contributed by atoms with Crippen LogP contribution in [0.1, 0.15) is 0 Å². The van der Waals surface area contributed by atoms with Crippen molar-refractivity contribution in [1.82, 2.24) is 19.5 Å². The molecule has 0 N–H and O–H groups in total. The Hall–Kier alpha value is -7.73. The molecule has 60 heavy (non-hydrogen) atoms. The highest BCUT2D eigenvalue weighted by Gasteiger charge is 2.20. The molecule has 12 aromatic rings. The second-order valence-electron chi connectivity index (χ2n) is 15.2. The Kier molecular flexibility index (Phi) is 8.00. The van der Waals surface area contributed by atoms with Gasteiger partial charge >= 0.3 is 0 Å². The Bertz CT molecular complexity index is 3570. The lowest BCUT2D eigenvalue weighted by atomic mass is 10.0. The van der Waals surface area contributed by atoms with Crippen LogP contribution in [0.3, 0.4) is 0 Å². The van der Waals surface area contributed by atoms with Crippen LogP contribution in [0.2, 0.25) is 0 Å². The number of aromatic nitrogens is 4. The lowest BCUT2D eigenvalue weighted by molar-refractivity contribution is 1.08. The van der Waals surface area contributed by atoms with Crippen LogP contribution >= 0.6 is 11.3 Å². The molecular formula is C55H34N4S. The molecule has 0 atom stereocenters. The third-order valence-electron chi connectivity index (χ3n) is 11.7. The zero-order valence-corrected chi connectivity index (χ0v) is 33.1. The van der Waals surface area contributed by atoms with E-state index in [0.29, 0.717) is 17.5 Å². The fourth-order valence-electron chi connectivity index (χ4n) is 8.80. The molecule has 4 nitrogen and oxygen atoms in total. The zero-order valence-electron chi connectivity index (χ0n) is 32.3. The maximum atomic E-state index is 5.20. The van der Waals surface area contributed by atoms with Crippen LogP contribution in [0.5, 0.6) is 0 Å². The molecule has 3 aromatic heterocycles. The van der Waals surface area contributed by atoms with E-state index in [1.165, 1.54) is 64.1 Å². The van der Waals surface area contributed by atoms with Crippen LogP contribution in [-0.4, -0.2) is 19.5 Å². The van der Waals surface area contributed by atoms with Gasteiger partial charge < -0.3 is 4.57 Å². The number of fused-ring (bicyclic) bond motifs is 8. The summed E-state index contributed by atoms with van der Waals surface area (Å²) in [4.78, 5) is 15.4. The van der Waals surface area contributed by atoms with Gasteiger partial charge in [0.1, 0.15) is 0 Å². The van der Waals surface area contributed by atoms with Crippen LogP contribution in [0.25, 0.3) is 115 Å². The van der Waals surface area contributed by atoms with Crippen molar-refractivity contribution >= 4 is 64.1 Å². The summed E-state index contributed by atoms with van der Waals surface area (Å²) in [5.41, 5.74) is 11.1. The second kappa shape index (κ2) is 14.0. The molecule has 0 fully saturated rings. The Balaban J connectivity index is 1.04. The van der Waals surface area contributed by atoms with E-state index < -0.39 is 0 Å². The van der Waals surface area contributed by atoms with Crippen molar-refractivity contribution in [2.24, 2.45) is 0 Å². The first-order chi connectivity index (χ1) is 29.7. The molecule has 0 saturated heterocycles. The van der Waals surface area contributed by atoms with Crippen molar-refractivity contribution in [2.75, 3.05) is 0 Å². The molecule has 5 heteroatoms. The number of rotatable bonds is 6. The molecule has 0 bridgehead atoms. The highest BCUT2D eigenvalue weighted by molar-refractivity contribution is 7.26. The molecule has 0 spiro atoms. The molecule has 3 heterocycles. The number of hydrogen-bond donors (Lipinski definition) is 0. The molecule has 0 unspecified atom stereocenters. The molecule has 12 rings (SSSR count). The lowest BCUT2D eigenvalue weighted by Crippen LogP contribution is -2.00. The molecule has 0 saturated carbocycles. The van der Waals surface area contributed by atoms with Crippen molar-refractivity contribution in [3.05, 3.63) is 206 Å². The predicted molar refractivity (Wildman–Crippen MR) is 252 cm³/mol. The summed E-state index contributed by atoms with van der Waals surface area (Å²) < 4.78 is 4.84. The Morgan fingerprint density at radius 1 is 0.333 bits per heavy atom. The predicted octanol–water partition coefficient (Wildman–Crippen LogP) is 14.8. The van der Waals surface area contributed by atoms with Gasteiger partial charge in [-0.05, 0) is 63.4 Å². The summed E-state index contributed by atoms with van der Waals surface area (Å²) in [6.07, 6.45) is 0. The number of benzene rings is 9. The zero-order chi connectivity index (χ0) is 39.6. The number of nitrogens with zero attached hydrogens (tertiary/aromatic N) is 4. The number of thiophene rings is 1. The maximum absolute atomic E-state index is 5.20. The summed E-state index contributed by atoms with van der Waals surface area (Å²) in [5.74, 6) is 1.95. The summed E-state index contributed by atoms with van der Waals surface area (Å²) >= 11 is 1.81. The van der Waals surface area contributed by atoms with Gasteiger partial charge in [0.2, 0.25) is 0 Å². The average Bonchev–Trinajstić information content (AvgIpc) is 3.87. The Labute approximate surface area is 350 Å². The summed E-state index contributed by atoms with van der Waals surface area (Å²) in [5, 5.41) is 7.35. The van der Waals surface area contributed by atoms with Gasteiger partial charge in [-0.15, -0.1) is 11.3 Å². The topological polar surface area (TPSA) is 43.6 Å². The van der Waals surface area contributed by atoms with Crippen molar-refractivity contribution < 1.29 is 0 Å². The van der Waals surface area contributed by atoms with Crippen molar-refractivity contribution in [1.29, 1.82) is 0 Å². The molecule has 280 valence electrons. The minimum absolute atomic E-state index is 0.644. The van der Waals surface area contributed by atoms with Crippen molar-refractivity contribution in [2.45, 2.75) is 0 Å². The fourth-order valence-corrected chi connectivity index (χ4v) is 9.96. The monoisotopic (exact) mass is 782 g/mol. The third-order valence-corrected chi connectivity index (χ3v) is 12.8. The first-order valence-electron chi connectivity index (χ1n) is 20.2. The Morgan fingerprint density at radius 2 is 0.917 bits per heavy atom. The highest BCUT2D eigenvalue weighted by atomic mass is 32.1. The Morgan fingerprint density at radius 3 is 1.67 bits per heavy atom. The van der Waals surface area contributed by atoms with Crippen molar-refractivity contribution in [3.8, 4) is 62.1 Å². The molecule has 0 aliphatic rings. The average molecular weight is 783 g/mol. The van der Waals surface area contributed by atoms with Crippen LogP contribution in [0.4, 0.5) is 0 Å². The van der Waals surface area contributed by atoms with Crippen LogP contribution in [0.15, 0.2) is 206 Å². The van der Waals surface area contributed by atoms with Crippen LogP contribution in [0, 0.1) is 0 Å². The minimum atomic E-state index is 0.644. The van der Waals surface area contributed by atoms with E-state index in [4.69, 9.17) is 15.0 Å². The van der Waals surface area contributed by atoms with Crippen molar-refractivity contribution in [3.63, 3.8) is 0 Å². The smallest absolute Gasteiger partial charge is 0.164 e. The summed E-state index contributed by atoms with van der Waals surface area (Å²) in [6, 6.07) is 73.4. The van der Waals surface area contributed by atoms with E-state index >= 15 is 0 Å². The first-order valence-corrected chi connectivity index (χ1v) is 21.0. The van der Waals surface area contributed by atoms with Gasteiger partial charge in [0, 0.05) is 53.3 Å². The van der Waals surface area contributed by atoms with E-state index in [-0.39, 0.29) is 0 Å². The number of hydrogen-bond acceptors (Lipinski definition) is 4. The molecular weight excluding hydrogens is 749 g/mol. The van der Waals surface area contributed by atoms with E-state index in [9.17, 15) is 0 Å². The van der Waals surface area contributed by atoms with Crippen LogP contribution < -0.4 is 0 Å². The van der Waals surface area contributed by atoms with E-state index in [0.717, 1.165) is 33.3 Å². The fraction of sp³-hybridized carbons (Fsp3) is 0. The lowest BCUT2D eigenvalue weighted by Gasteiger charge is -2.11. The van der Waals surface area contributed by atoms with Crippen LogP contribution in [-0.2, 0) is 0 Å². The van der Waals surface area contributed by atoms with Gasteiger partial charge in [-0.25, -0.2) is 15.0 Å².